The summed E-state index contributed by atoms with van der Waals surface area (Å²) in [6.07, 6.45) is 7.42. The zero-order valence-electron chi connectivity index (χ0n) is 12.5. The summed E-state index contributed by atoms with van der Waals surface area (Å²) in [7, 11) is 2.19. The molecule has 1 saturated heterocycles. The standard InChI is InChI=1S/C17H22N4/c1-21-10-5-8-15(9-11-21)20-16-12-18-17(19-13-16)14-6-3-2-4-7-14/h2-4,6-7,12-13,15,20H,5,8-11H2,1H3. The highest BCUT2D eigenvalue weighted by atomic mass is 15.1. The fraction of sp³-hybridized carbons (Fsp3) is 0.412. The molecule has 1 fully saturated rings. The molecule has 1 unspecified atom stereocenters. The van der Waals surface area contributed by atoms with Gasteiger partial charge in [0, 0.05) is 11.6 Å². The lowest BCUT2D eigenvalue weighted by molar-refractivity contribution is 0.348. The van der Waals surface area contributed by atoms with Gasteiger partial charge in [-0.1, -0.05) is 30.3 Å². The first kappa shape index (κ1) is 14.0. The van der Waals surface area contributed by atoms with Crippen LogP contribution in [0.25, 0.3) is 11.4 Å². The van der Waals surface area contributed by atoms with Gasteiger partial charge in [-0.2, -0.15) is 0 Å². The summed E-state index contributed by atoms with van der Waals surface area (Å²) in [5, 5.41) is 3.57. The van der Waals surface area contributed by atoms with Crippen molar-refractivity contribution in [2.45, 2.75) is 25.3 Å². The number of aromatic nitrogens is 2. The van der Waals surface area contributed by atoms with Crippen LogP contribution in [0.15, 0.2) is 42.7 Å². The molecule has 21 heavy (non-hydrogen) atoms. The van der Waals surface area contributed by atoms with Gasteiger partial charge in [0.25, 0.3) is 0 Å². The lowest BCUT2D eigenvalue weighted by Crippen LogP contribution is -2.23. The number of nitrogens with zero attached hydrogens (tertiary/aromatic N) is 3. The lowest BCUT2D eigenvalue weighted by Gasteiger charge is -2.17. The average Bonchev–Trinajstić information content (AvgIpc) is 2.74. The van der Waals surface area contributed by atoms with E-state index in [2.05, 4.69) is 27.2 Å². The van der Waals surface area contributed by atoms with E-state index < -0.39 is 0 Å². The topological polar surface area (TPSA) is 41.0 Å². The first-order valence-corrected chi connectivity index (χ1v) is 7.64. The monoisotopic (exact) mass is 282 g/mol. The lowest BCUT2D eigenvalue weighted by atomic mass is 10.1. The molecule has 2 aromatic rings. The Bertz CT molecular complexity index is 553. The van der Waals surface area contributed by atoms with Crippen molar-refractivity contribution in [2.24, 2.45) is 0 Å². The Morgan fingerprint density at radius 3 is 2.57 bits per heavy atom. The van der Waals surface area contributed by atoms with Gasteiger partial charge >= 0.3 is 0 Å². The molecule has 1 aromatic carbocycles. The molecule has 4 nitrogen and oxygen atoms in total. The summed E-state index contributed by atoms with van der Waals surface area (Å²) < 4.78 is 0. The van der Waals surface area contributed by atoms with Crippen molar-refractivity contribution in [3.63, 3.8) is 0 Å². The zero-order valence-corrected chi connectivity index (χ0v) is 12.5. The number of benzene rings is 1. The van der Waals surface area contributed by atoms with Gasteiger partial charge in [-0.3, -0.25) is 0 Å². The Kier molecular flexibility index (Phi) is 4.46. The number of nitrogens with one attached hydrogen (secondary N) is 1. The van der Waals surface area contributed by atoms with Crippen LogP contribution in [0.2, 0.25) is 0 Å². The molecule has 0 amide bonds. The molecule has 1 N–H and O–H groups in total. The smallest absolute Gasteiger partial charge is 0.159 e. The second-order valence-electron chi connectivity index (χ2n) is 5.74. The maximum atomic E-state index is 4.47. The SMILES string of the molecule is CN1CCCC(Nc2cnc(-c3ccccc3)nc2)CC1. The van der Waals surface area contributed by atoms with Gasteiger partial charge in [0.2, 0.25) is 0 Å². The molecular weight excluding hydrogens is 260 g/mol. The van der Waals surface area contributed by atoms with Gasteiger partial charge in [-0.15, -0.1) is 0 Å². The number of likely N-dealkylation sites (tertiary alicyclic amines) is 1. The Balaban J connectivity index is 1.64. The molecule has 110 valence electrons. The molecule has 4 heteroatoms. The number of hydrogen-bond acceptors (Lipinski definition) is 4. The maximum Gasteiger partial charge on any atom is 0.159 e. The van der Waals surface area contributed by atoms with E-state index >= 15 is 0 Å². The summed E-state index contributed by atoms with van der Waals surface area (Å²) in [5.41, 5.74) is 2.07. The molecule has 1 aromatic heterocycles. The number of rotatable bonds is 3. The van der Waals surface area contributed by atoms with Crippen molar-refractivity contribution in [1.29, 1.82) is 0 Å². The highest BCUT2D eigenvalue weighted by Crippen LogP contribution is 2.18. The van der Waals surface area contributed by atoms with Crippen LogP contribution in [0.5, 0.6) is 0 Å². The summed E-state index contributed by atoms with van der Waals surface area (Å²) in [5.74, 6) is 0.779. The van der Waals surface area contributed by atoms with Crippen LogP contribution >= 0.6 is 0 Å². The Morgan fingerprint density at radius 2 is 1.81 bits per heavy atom. The summed E-state index contributed by atoms with van der Waals surface area (Å²) in [6.45, 7) is 2.35. The van der Waals surface area contributed by atoms with Crippen LogP contribution in [0.4, 0.5) is 5.69 Å². The molecule has 0 spiro atoms. The molecule has 2 heterocycles. The molecule has 0 radical (unpaired) electrons. The molecule has 1 aliphatic rings. The van der Waals surface area contributed by atoms with E-state index in [-0.39, 0.29) is 0 Å². The molecular formula is C17H22N4. The minimum Gasteiger partial charge on any atom is -0.380 e. The van der Waals surface area contributed by atoms with Gasteiger partial charge in [-0.05, 0) is 39.4 Å². The van der Waals surface area contributed by atoms with Crippen molar-refractivity contribution in [3.05, 3.63) is 42.7 Å². The predicted octanol–water partition coefficient (Wildman–Crippen LogP) is 3.04. The van der Waals surface area contributed by atoms with E-state index in [0.717, 1.165) is 23.6 Å². The second-order valence-corrected chi connectivity index (χ2v) is 5.74. The highest BCUT2D eigenvalue weighted by Gasteiger charge is 2.14. The molecule has 1 atom stereocenters. The minimum atomic E-state index is 0.529. The molecule has 3 rings (SSSR count). The largest absolute Gasteiger partial charge is 0.380 e. The van der Waals surface area contributed by atoms with Crippen LogP contribution in [0.1, 0.15) is 19.3 Å². The fourth-order valence-electron chi connectivity index (χ4n) is 2.76. The average molecular weight is 282 g/mol. The predicted molar refractivity (Wildman–Crippen MR) is 86.2 cm³/mol. The highest BCUT2D eigenvalue weighted by molar-refractivity contribution is 5.55. The van der Waals surface area contributed by atoms with E-state index in [1.807, 2.05) is 42.7 Å². The van der Waals surface area contributed by atoms with Gasteiger partial charge < -0.3 is 10.2 Å². The Hall–Kier alpha value is -1.94. The second kappa shape index (κ2) is 6.68. The van der Waals surface area contributed by atoms with E-state index in [4.69, 9.17) is 0 Å². The van der Waals surface area contributed by atoms with Gasteiger partial charge in [0.15, 0.2) is 5.82 Å². The van der Waals surface area contributed by atoms with Gasteiger partial charge in [-0.25, -0.2) is 9.97 Å². The van der Waals surface area contributed by atoms with Crippen LogP contribution in [0.3, 0.4) is 0 Å². The van der Waals surface area contributed by atoms with Gasteiger partial charge in [0.1, 0.15) is 0 Å². The normalized spacial score (nSPS) is 20.0. The number of anilines is 1. The van der Waals surface area contributed by atoms with E-state index in [9.17, 15) is 0 Å². The third-order valence-electron chi connectivity index (χ3n) is 4.01. The Morgan fingerprint density at radius 1 is 1.05 bits per heavy atom. The van der Waals surface area contributed by atoms with Gasteiger partial charge in [0.05, 0.1) is 18.1 Å². The van der Waals surface area contributed by atoms with Crippen LogP contribution in [0, 0.1) is 0 Å². The molecule has 0 saturated carbocycles. The van der Waals surface area contributed by atoms with E-state index in [1.54, 1.807) is 0 Å². The van der Waals surface area contributed by atoms with E-state index in [0.29, 0.717) is 6.04 Å². The number of hydrogen-bond donors (Lipinski definition) is 1. The summed E-state index contributed by atoms with van der Waals surface area (Å²) >= 11 is 0. The molecule has 0 bridgehead atoms. The Labute approximate surface area is 126 Å². The maximum absolute atomic E-state index is 4.47. The quantitative estimate of drug-likeness (QED) is 0.939. The van der Waals surface area contributed by atoms with Crippen molar-refractivity contribution in [1.82, 2.24) is 14.9 Å². The van der Waals surface area contributed by atoms with Crippen molar-refractivity contribution in [2.75, 3.05) is 25.5 Å². The molecule has 0 aliphatic carbocycles. The summed E-state index contributed by atoms with van der Waals surface area (Å²) in [6, 6.07) is 10.6. The zero-order chi connectivity index (χ0) is 14.5. The van der Waals surface area contributed by atoms with Crippen molar-refractivity contribution < 1.29 is 0 Å². The first-order valence-electron chi connectivity index (χ1n) is 7.64. The fourth-order valence-corrected chi connectivity index (χ4v) is 2.76. The van der Waals surface area contributed by atoms with Crippen LogP contribution < -0.4 is 5.32 Å². The third-order valence-corrected chi connectivity index (χ3v) is 4.01. The van der Waals surface area contributed by atoms with Crippen molar-refractivity contribution >= 4 is 5.69 Å². The van der Waals surface area contributed by atoms with Crippen molar-refractivity contribution in [3.8, 4) is 11.4 Å². The van der Waals surface area contributed by atoms with Crippen LogP contribution in [-0.4, -0.2) is 41.0 Å². The summed E-state index contributed by atoms with van der Waals surface area (Å²) in [4.78, 5) is 11.3. The minimum absolute atomic E-state index is 0.529. The first-order chi connectivity index (χ1) is 10.3. The van der Waals surface area contributed by atoms with Crippen LogP contribution in [-0.2, 0) is 0 Å². The van der Waals surface area contributed by atoms with E-state index in [1.165, 1.54) is 25.8 Å². The third kappa shape index (κ3) is 3.79. The molecule has 1 aliphatic heterocycles.